The highest BCUT2D eigenvalue weighted by molar-refractivity contribution is 8.13. The molecule has 4 nitrogen and oxygen atoms in total. The first-order valence-electron chi connectivity index (χ1n) is 6.80. The van der Waals surface area contributed by atoms with Gasteiger partial charge in [0, 0.05) is 5.75 Å². The molecule has 1 aliphatic rings. The number of nitrogens with two attached hydrogens (primary N) is 1. The Labute approximate surface area is 114 Å². The van der Waals surface area contributed by atoms with Gasteiger partial charge < -0.3 is 10.5 Å². The fraction of sp³-hybridized carbons (Fsp3) is 0.846. The lowest BCUT2D eigenvalue weighted by molar-refractivity contribution is -0.143. The van der Waals surface area contributed by atoms with Gasteiger partial charge in [0.05, 0.1) is 5.92 Å². The summed E-state index contributed by atoms with van der Waals surface area (Å²) in [6, 6.07) is 0. The average molecular weight is 272 g/mol. The second-order valence-electron chi connectivity index (χ2n) is 4.87. The number of amidine groups is 1. The molecule has 104 valence electrons. The van der Waals surface area contributed by atoms with E-state index in [0.717, 1.165) is 19.3 Å². The molecule has 0 aromatic rings. The second-order valence-corrected chi connectivity index (χ2v) is 5.93. The van der Waals surface area contributed by atoms with E-state index in [4.69, 9.17) is 15.9 Å². The van der Waals surface area contributed by atoms with Crippen molar-refractivity contribution in [3.05, 3.63) is 0 Å². The molecular formula is C13H24N2O2S. The van der Waals surface area contributed by atoms with E-state index in [9.17, 15) is 4.79 Å². The molecule has 0 aliphatic carbocycles. The predicted octanol–water partition coefficient (Wildman–Crippen LogP) is 2.91. The maximum atomic E-state index is 11.6. The molecule has 1 fully saturated rings. The maximum Gasteiger partial charge on any atom is 0.309 e. The number of unbranched alkanes of at least 4 members (excludes halogenated alkanes) is 4. The van der Waals surface area contributed by atoms with E-state index in [1.54, 1.807) is 0 Å². The zero-order valence-electron chi connectivity index (χ0n) is 11.1. The molecule has 0 aromatic carbocycles. The van der Waals surface area contributed by atoms with Crippen molar-refractivity contribution in [2.24, 2.45) is 11.7 Å². The first kappa shape index (κ1) is 15.3. The van der Waals surface area contributed by atoms with Crippen LogP contribution < -0.4 is 5.73 Å². The molecule has 1 aliphatic heterocycles. The summed E-state index contributed by atoms with van der Waals surface area (Å²) in [5.74, 6) is 0.636. The fourth-order valence-electron chi connectivity index (χ4n) is 2.24. The van der Waals surface area contributed by atoms with Crippen molar-refractivity contribution < 1.29 is 9.53 Å². The smallest absolute Gasteiger partial charge is 0.309 e. The van der Waals surface area contributed by atoms with Gasteiger partial charge in [-0.2, -0.15) is 0 Å². The summed E-state index contributed by atoms with van der Waals surface area (Å²) in [4.78, 5) is 11.6. The van der Waals surface area contributed by atoms with Gasteiger partial charge in [0.25, 0.3) is 0 Å². The fourth-order valence-corrected chi connectivity index (χ4v) is 2.81. The van der Waals surface area contributed by atoms with Crippen LogP contribution in [0.15, 0.2) is 0 Å². The molecule has 18 heavy (non-hydrogen) atoms. The van der Waals surface area contributed by atoms with Gasteiger partial charge in [-0.1, -0.05) is 50.8 Å². The van der Waals surface area contributed by atoms with Gasteiger partial charge in [-0.25, -0.2) is 0 Å². The van der Waals surface area contributed by atoms with Crippen LogP contribution in [0, 0.1) is 11.3 Å². The van der Waals surface area contributed by atoms with E-state index >= 15 is 0 Å². The Balaban J connectivity index is 2.15. The van der Waals surface area contributed by atoms with Gasteiger partial charge in [-0.15, -0.1) is 0 Å². The molecule has 2 atom stereocenters. The van der Waals surface area contributed by atoms with Crippen molar-refractivity contribution >= 4 is 22.9 Å². The van der Waals surface area contributed by atoms with E-state index in [1.807, 2.05) is 0 Å². The Morgan fingerprint density at radius 1 is 1.44 bits per heavy atom. The lowest BCUT2D eigenvalue weighted by atomic mass is 9.97. The number of rotatable bonds is 8. The minimum absolute atomic E-state index is 0.0490. The molecule has 0 saturated carbocycles. The number of ether oxygens (including phenoxy) is 1. The van der Waals surface area contributed by atoms with Crippen molar-refractivity contribution in [3.63, 3.8) is 0 Å². The first-order valence-corrected chi connectivity index (χ1v) is 7.79. The highest BCUT2D eigenvalue weighted by Gasteiger charge is 2.33. The highest BCUT2D eigenvalue weighted by Crippen LogP contribution is 2.28. The third kappa shape index (κ3) is 5.76. The quantitative estimate of drug-likeness (QED) is 0.308. The van der Waals surface area contributed by atoms with Gasteiger partial charge in [0.2, 0.25) is 0 Å². The van der Waals surface area contributed by atoms with Gasteiger partial charge in [-0.3, -0.25) is 10.2 Å². The van der Waals surface area contributed by atoms with Crippen LogP contribution in [0.1, 0.15) is 51.9 Å². The van der Waals surface area contributed by atoms with E-state index in [2.05, 4.69) is 6.92 Å². The van der Waals surface area contributed by atoms with Gasteiger partial charge >= 0.3 is 5.97 Å². The predicted molar refractivity (Wildman–Crippen MR) is 75.7 cm³/mol. The summed E-state index contributed by atoms with van der Waals surface area (Å²) in [5, 5.41) is 7.23. The van der Waals surface area contributed by atoms with Crippen LogP contribution in [-0.2, 0) is 9.53 Å². The van der Waals surface area contributed by atoms with E-state index < -0.39 is 0 Å². The standard InChI is InChI=1S/C13H24N2O2S/c1-2-3-4-5-6-7-10-8-11(17-12(10)16)9-18-13(14)15/h10-11H,2-9H2,1H3,(H3,14,15)/t10-,11-/m0/s1. The van der Waals surface area contributed by atoms with Crippen LogP contribution in [0.5, 0.6) is 0 Å². The van der Waals surface area contributed by atoms with Crippen molar-refractivity contribution in [2.45, 2.75) is 58.0 Å². The minimum atomic E-state index is -0.0559. The van der Waals surface area contributed by atoms with Crippen LogP contribution in [0.25, 0.3) is 0 Å². The Hall–Kier alpha value is -0.710. The molecule has 1 heterocycles. The van der Waals surface area contributed by atoms with Crippen molar-refractivity contribution in [1.29, 1.82) is 5.41 Å². The monoisotopic (exact) mass is 272 g/mol. The summed E-state index contributed by atoms with van der Waals surface area (Å²) in [7, 11) is 0. The summed E-state index contributed by atoms with van der Waals surface area (Å²) in [6.45, 7) is 2.20. The summed E-state index contributed by atoms with van der Waals surface area (Å²) in [6.07, 6.45) is 7.82. The number of hydrogen-bond acceptors (Lipinski definition) is 4. The van der Waals surface area contributed by atoms with Crippen LogP contribution in [-0.4, -0.2) is 23.0 Å². The van der Waals surface area contributed by atoms with Crippen LogP contribution in [0.4, 0.5) is 0 Å². The topological polar surface area (TPSA) is 76.2 Å². The molecule has 0 bridgehead atoms. The van der Waals surface area contributed by atoms with E-state index in [-0.39, 0.29) is 23.2 Å². The molecular weight excluding hydrogens is 248 g/mol. The second kappa shape index (κ2) is 8.40. The zero-order chi connectivity index (χ0) is 13.4. The van der Waals surface area contributed by atoms with Gasteiger partial charge in [0.15, 0.2) is 5.17 Å². The molecule has 0 amide bonds. The SMILES string of the molecule is CCCCCCC[C@H]1C[C@@H](CSC(=N)N)OC1=O. The molecule has 1 rings (SSSR count). The number of thioether (sulfide) groups is 1. The lowest BCUT2D eigenvalue weighted by Crippen LogP contribution is -2.14. The molecule has 5 heteroatoms. The number of carbonyl (C=O) groups is 1. The molecule has 0 spiro atoms. The first-order chi connectivity index (χ1) is 8.63. The average Bonchev–Trinajstić information content (AvgIpc) is 2.67. The minimum Gasteiger partial charge on any atom is -0.461 e. The summed E-state index contributed by atoms with van der Waals surface area (Å²) in [5.41, 5.74) is 5.27. The number of hydrogen-bond donors (Lipinski definition) is 2. The molecule has 0 radical (unpaired) electrons. The van der Waals surface area contributed by atoms with Crippen LogP contribution in [0.2, 0.25) is 0 Å². The summed E-state index contributed by atoms with van der Waals surface area (Å²) < 4.78 is 5.29. The molecule has 1 saturated heterocycles. The molecule has 3 N–H and O–H groups in total. The Bertz CT molecular complexity index is 284. The van der Waals surface area contributed by atoms with E-state index in [0.29, 0.717) is 5.75 Å². The normalized spacial score (nSPS) is 23.1. The number of nitrogens with one attached hydrogen (secondary N) is 1. The number of carbonyl (C=O) groups excluding carboxylic acids is 1. The lowest BCUT2D eigenvalue weighted by Gasteiger charge is -2.06. The Morgan fingerprint density at radius 3 is 2.83 bits per heavy atom. The van der Waals surface area contributed by atoms with Crippen molar-refractivity contribution in [3.8, 4) is 0 Å². The molecule has 0 unspecified atom stereocenters. The third-order valence-corrected chi connectivity index (χ3v) is 4.09. The molecule has 0 aromatic heterocycles. The summed E-state index contributed by atoms with van der Waals surface area (Å²) >= 11 is 1.25. The Morgan fingerprint density at radius 2 is 2.17 bits per heavy atom. The number of cyclic esters (lactones) is 1. The van der Waals surface area contributed by atoms with Gasteiger partial charge in [-0.05, 0) is 12.8 Å². The van der Waals surface area contributed by atoms with E-state index in [1.165, 1.54) is 37.4 Å². The van der Waals surface area contributed by atoms with Crippen LogP contribution >= 0.6 is 11.8 Å². The van der Waals surface area contributed by atoms with Crippen molar-refractivity contribution in [2.75, 3.05) is 5.75 Å². The Kier molecular flexibility index (Phi) is 7.16. The highest BCUT2D eigenvalue weighted by atomic mass is 32.2. The van der Waals surface area contributed by atoms with Crippen molar-refractivity contribution in [1.82, 2.24) is 0 Å². The third-order valence-electron chi connectivity index (χ3n) is 3.24. The largest absolute Gasteiger partial charge is 0.461 e. The maximum absolute atomic E-state index is 11.6. The zero-order valence-corrected chi connectivity index (χ0v) is 11.9. The van der Waals surface area contributed by atoms with Crippen LogP contribution in [0.3, 0.4) is 0 Å². The van der Waals surface area contributed by atoms with Gasteiger partial charge in [0.1, 0.15) is 6.10 Å². The number of esters is 1.